The molecule has 0 bridgehead atoms. The van der Waals surface area contributed by atoms with Gasteiger partial charge in [0.05, 0.1) is 0 Å². The summed E-state index contributed by atoms with van der Waals surface area (Å²) in [5.74, 6) is 0. The Balaban J connectivity index is -0.000000362. The van der Waals surface area contributed by atoms with Crippen LogP contribution in [0.4, 0.5) is 0 Å². The van der Waals surface area contributed by atoms with Crippen LogP contribution in [0.25, 0.3) is 0 Å². The average Bonchev–Trinajstić information content (AvgIpc) is 2.63. The van der Waals surface area contributed by atoms with Crippen LogP contribution in [0.1, 0.15) is 38.5 Å². The zero-order chi connectivity index (χ0) is 19.4. The number of hydrogen-bond acceptors (Lipinski definition) is 8. The molecular formula is C17H48N8. The Labute approximate surface area is 156 Å². The molecule has 0 amide bonds. The van der Waals surface area contributed by atoms with E-state index in [0.29, 0.717) is 0 Å². The highest BCUT2D eigenvalue weighted by molar-refractivity contribution is 4.52. The molecule has 25 heavy (non-hydrogen) atoms. The van der Waals surface area contributed by atoms with Gasteiger partial charge >= 0.3 is 0 Å². The maximum Gasteiger partial charge on any atom is 0.00714 e. The standard InChI is InChI=1S/C10H26N4.C4H12N2.C3H10N2/c11-5-3-9-13-7-1-2-8-14-10-4-6-12;5-3-1-2-4-6;1-5-3-2-4/h13-14H,1-12H2;1-6H2;5H,2-4H2,1H3. The highest BCUT2D eigenvalue weighted by Crippen LogP contribution is 1.85. The van der Waals surface area contributed by atoms with Crippen LogP contribution in [0.2, 0.25) is 0 Å². The van der Waals surface area contributed by atoms with Crippen molar-refractivity contribution in [1.82, 2.24) is 16.0 Å². The van der Waals surface area contributed by atoms with E-state index in [2.05, 4.69) is 16.0 Å². The molecule has 8 nitrogen and oxygen atoms in total. The van der Waals surface area contributed by atoms with E-state index >= 15 is 0 Å². The van der Waals surface area contributed by atoms with Crippen molar-refractivity contribution in [2.75, 3.05) is 72.5 Å². The van der Waals surface area contributed by atoms with Crippen molar-refractivity contribution in [3.63, 3.8) is 0 Å². The van der Waals surface area contributed by atoms with Crippen LogP contribution >= 0.6 is 0 Å². The van der Waals surface area contributed by atoms with E-state index < -0.39 is 0 Å². The Morgan fingerprint density at radius 2 is 0.800 bits per heavy atom. The van der Waals surface area contributed by atoms with Gasteiger partial charge in [0.1, 0.15) is 0 Å². The molecule has 0 aliphatic carbocycles. The first-order chi connectivity index (χ1) is 12.2. The highest BCUT2D eigenvalue weighted by atomic mass is 14.9. The molecule has 0 atom stereocenters. The summed E-state index contributed by atoms with van der Waals surface area (Å²) < 4.78 is 0. The minimum absolute atomic E-state index is 0.733. The number of nitrogens with two attached hydrogens (primary N) is 5. The summed E-state index contributed by atoms with van der Waals surface area (Å²) >= 11 is 0. The SMILES string of the molecule is CNCCN.NCCCCN.NCCCNCCCCNCCCN. The molecule has 0 radical (unpaired) electrons. The van der Waals surface area contributed by atoms with E-state index in [9.17, 15) is 0 Å². The van der Waals surface area contributed by atoms with Crippen LogP contribution in [-0.2, 0) is 0 Å². The Morgan fingerprint density at radius 1 is 0.440 bits per heavy atom. The molecule has 13 N–H and O–H groups in total. The summed E-state index contributed by atoms with van der Waals surface area (Å²) in [6.07, 6.45) is 6.76. The molecular weight excluding hydrogens is 316 g/mol. The molecule has 0 saturated heterocycles. The third-order valence-corrected chi connectivity index (χ3v) is 3.13. The predicted octanol–water partition coefficient (Wildman–Crippen LogP) is -1.51. The van der Waals surface area contributed by atoms with E-state index in [1.807, 2.05) is 7.05 Å². The fourth-order valence-corrected chi connectivity index (χ4v) is 1.64. The molecule has 0 aromatic heterocycles. The summed E-state index contributed by atoms with van der Waals surface area (Å²) in [6.45, 7) is 9.09. The van der Waals surface area contributed by atoms with Gasteiger partial charge in [-0.1, -0.05) is 0 Å². The van der Waals surface area contributed by atoms with E-state index in [1.165, 1.54) is 12.8 Å². The normalized spacial score (nSPS) is 9.84. The lowest BCUT2D eigenvalue weighted by atomic mass is 10.3. The Hall–Kier alpha value is -0.320. The zero-order valence-electron chi connectivity index (χ0n) is 16.7. The van der Waals surface area contributed by atoms with E-state index in [0.717, 1.165) is 91.1 Å². The molecule has 0 heterocycles. The van der Waals surface area contributed by atoms with Crippen molar-refractivity contribution in [2.45, 2.75) is 38.5 Å². The smallest absolute Gasteiger partial charge is 0.00714 e. The molecule has 0 saturated carbocycles. The van der Waals surface area contributed by atoms with Gasteiger partial charge in [0.2, 0.25) is 0 Å². The molecule has 0 rings (SSSR count). The van der Waals surface area contributed by atoms with Gasteiger partial charge in [0.15, 0.2) is 0 Å². The van der Waals surface area contributed by atoms with Crippen LogP contribution in [0.15, 0.2) is 0 Å². The molecule has 8 heteroatoms. The number of likely N-dealkylation sites (N-methyl/N-ethyl adjacent to an activating group) is 1. The second-order valence-electron chi connectivity index (χ2n) is 5.67. The summed E-state index contributed by atoms with van der Waals surface area (Å²) in [7, 11) is 1.88. The first-order valence-electron chi connectivity index (χ1n) is 9.81. The second kappa shape index (κ2) is 34.9. The van der Waals surface area contributed by atoms with E-state index in [1.54, 1.807) is 0 Å². The number of rotatable bonds is 16. The lowest BCUT2D eigenvalue weighted by Crippen LogP contribution is -2.22. The maximum atomic E-state index is 5.38. The van der Waals surface area contributed by atoms with Crippen molar-refractivity contribution in [2.24, 2.45) is 28.7 Å². The Kier molecular flexibility index (Phi) is 41.1. The molecule has 156 valence electrons. The Morgan fingerprint density at radius 3 is 1.04 bits per heavy atom. The topological polar surface area (TPSA) is 166 Å². The second-order valence-corrected chi connectivity index (χ2v) is 5.67. The molecule has 0 aliphatic heterocycles. The van der Waals surface area contributed by atoms with E-state index in [4.69, 9.17) is 28.7 Å². The van der Waals surface area contributed by atoms with Gasteiger partial charge in [-0.2, -0.15) is 0 Å². The van der Waals surface area contributed by atoms with Crippen molar-refractivity contribution in [1.29, 1.82) is 0 Å². The fraction of sp³-hybridized carbons (Fsp3) is 1.00. The molecule has 0 aliphatic rings. The van der Waals surface area contributed by atoms with Gasteiger partial charge in [-0.25, -0.2) is 0 Å². The summed E-state index contributed by atoms with van der Waals surface area (Å²) in [5, 5.41) is 9.61. The molecule has 0 aromatic rings. The zero-order valence-corrected chi connectivity index (χ0v) is 16.7. The van der Waals surface area contributed by atoms with Gasteiger partial charge in [0.25, 0.3) is 0 Å². The number of unbranched alkanes of at least 4 members (excludes halogenated alkanes) is 2. The summed E-state index contributed by atoms with van der Waals surface area (Å²) in [5.41, 5.74) is 26.1. The van der Waals surface area contributed by atoms with E-state index in [-0.39, 0.29) is 0 Å². The highest BCUT2D eigenvalue weighted by Gasteiger charge is 1.89. The van der Waals surface area contributed by atoms with Gasteiger partial charge in [-0.15, -0.1) is 0 Å². The van der Waals surface area contributed by atoms with Gasteiger partial charge in [0, 0.05) is 13.1 Å². The lowest BCUT2D eigenvalue weighted by molar-refractivity contribution is 0.570. The number of nitrogens with one attached hydrogen (secondary N) is 3. The third-order valence-electron chi connectivity index (χ3n) is 3.13. The van der Waals surface area contributed by atoms with Crippen molar-refractivity contribution in [3.05, 3.63) is 0 Å². The minimum Gasteiger partial charge on any atom is -0.330 e. The predicted molar refractivity (Wildman–Crippen MR) is 113 cm³/mol. The molecule has 0 aromatic carbocycles. The van der Waals surface area contributed by atoms with Gasteiger partial charge in [-0.3, -0.25) is 0 Å². The van der Waals surface area contributed by atoms with Crippen LogP contribution in [0.5, 0.6) is 0 Å². The molecule has 0 fully saturated rings. The largest absolute Gasteiger partial charge is 0.330 e. The van der Waals surface area contributed by atoms with Gasteiger partial charge < -0.3 is 44.6 Å². The van der Waals surface area contributed by atoms with Gasteiger partial charge in [-0.05, 0) is 97.9 Å². The third kappa shape index (κ3) is 45.3. The summed E-state index contributed by atoms with van der Waals surface area (Å²) in [4.78, 5) is 0. The number of hydrogen-bond donors (Lipinski definition) is 8. The average molecular weight is 365 g/mol. The first kappa shape index (κ1) is 29.4. The molecule has 0 spiro atoms. The van der Waals surface area contributed by atoms with Crippen molar-refractivity contribution >= 4 is 0 Å². The monoisotopic (exact) mass is 364 g/mol. The first-order valence-corrected chi connectivity index (χ1v) is 9.81. The lowest BCUT2D eigenvalue weighted by Gasteiger charge is -2.04. The van der Waals surface area contributed by atoms with Crippen molar-refractivity contribution in [3.8, 4) is 0 Å². The summed E-state index contributed by atoms with van der Waals surface area (Å²) in [6, 6.07) is 0. The quantitative estimate of drug-likeness (QED) is 0.153. The minimum atomic E-state index is 0.733. The van der Waals surface area contributed by atoms with Crippen LogP contribution in [0.3, 0.4) is 0 Å². The Bertz CT molecular complexity index is 166. The van der Waals surface area contributed by atoms with Crippen LogP contribution < -0.4 is 44.6 Å². The van der Waals surface area contributed by atoms with Crippen LogP contribution in [0, 0.1) is 0 Å². The fourth-order valence-electron chi connectivity index (χ4n) is 1.64. The van der Waals surface area contributed by atoms with Crippen LogP contribution in [-0.4, -0.2) is 72.5 Å². The van der Waals surface area contributed by atoms with Crippen molar-refractivity contribution < 1.29 is 0 Å². The maximum absolute atomic E-state index is 5.38. The molecule has 0 unspecified atom stereocenters.